The molecule has 0 radical (unpaired) electrons. The predicted molar refractivity (Wildman–Crippen MR) is 112 cm³/mol. The topological polar surface area (TPSA) is 118 Å². The maximum Gasteiger partial charge on any atom is 0.335 e. The van der Waals surface area contributed by atoms with Crippen molar-refractivity contribution in [2.45, 2.75) is 6.42 Å². The molecule has 1 aromatic heterocycles. The van der Waals surface area contributed by atoms with E-state index < -0.39 is 5.97 Å². The Balaban J connectivity index is 1.50. The number of aromatic carboxylic acids is 1. The lowest BCUT2D eigenvalue weighted by atomic mass is 10.0. The summed E-state index contributed by atoms with van der Waals surface area (Å²) < 4.78 is 0. The molecule has 5 N–H and O–H groups in total. The number of hydrogen-bond donors (Lipinski definition) is 3. The largest absolute Gasteiger partial charge is 0.478 e. The molecule has 0 aliphatic carbocycles. The second kappa shape index (κ2) is 7.52. The molecule has 29 heavy (non-hydrogen) atoms. The van der Waals surface area contributed by atoms with Crippen LogP contribution in [0.15, 0.2) is 48.7 Å². The van der Waals surface area contributed by atoms with E-state index in [1.807, 2.05) is 18.2 Å². The lowest BCUT2D eigenvalue weighted by Crippen LogP contribution is -2.20. The molecule has 0 fully saturated rings. The fraction of sp³-hybridized carbons (Fsp3) is 0.136. The van der Waals surface area contributed by atoms with Crippen molar-refractivity contribution in [3.8, 4) is 23.0 Å². The third-order valence-corrected chi connectivity index (χ3v) is 4.87. The SMILES string of the molecule is Nc1ncc(C#CCN2CCc3cc(-c4ccc(C(=O)O)cc4)ccc32)c(N)n1. The third-order valence-electron chi connectivity index (χ3n) is 4.87. The Morgan fingerprint density at radius 2 is 1.90 bits per heavy atom. The van der Waals surface area contributed by atoms with Crippen LogP contribution in [0.4, 0.5) is 17.5 Å². The van der Waals surface area contributed by atoms with Gasteiger partial charge in [-0.3, -0.25) is 0 Å². The smallest absolute Gasteiger partial charge is 0.335 e. The molecule has 1 aliphatic heterocycles. The molecule has 0 saturated carbocycles. The highest BCUT2D eigenvalue weighted by atomic mass is 16.4. The maximum atomic E-state index is 11.0. The summed E-state index contributed by atoms with van der Waals surface area (Å²) in [5, 5.41) is 9.04. The second-order valence-electron chi connectivity index (χ2n) is 6.73. The van der Waals surface area contributed by atoms with E-state index in [1.165, 1.54) is 11.8 Å². The highest BCUT2D eigenvalue weighted by Gasteiger charge is 2.18. The number of nitrogens with two attached hydrogens (primary N) is 2. The van der Waals surface area contributed by atoms with E-state index in [1.54, 1.807) is 12.1 Å². The second-order valence-corrected chi connectivity index (χ2v) is 6.73. The molecule has 2 aromatic carbocycles. The minimum atomic E-state index is -0.922. The number of carboxylic acids is 1. The first kappa shape index (κ1) is 18.3. The van der Waals surface area contributed by atoms with E-state index in [0.29, 0.717) is 12.1 Å². The van der Waals surface area contributed by atoms with Crippen molar-refractivity contribution in [1.82, 2.24) is 9.97 Å². The van der Waals surface area contributed by atoms with Gasteiger partial charge in [-0.2, -0.15) is 4.98 Å². The summed E-state index contributed by atoms with van der Waals surface area (Å²) in [5.41, 5.74) is 16.6. The fourth-order valence-corrected chi connectivity index (χ4v) is 3.35. The van der Waals surface area contributed by atoms with Gasteiger partial charge in [0.15, 0.2) is 0 Å². The van der Waals surface area contributed by atoms with Crippen LogP contribution >= 0.6 is 0 Å². The van der Waals surface area contributed by atoms with Gasteiger partial charge in [-0.1, -0.05) is 30.0 Å². The van der Waals surface area contributed by atoms with Crippen LogP contribution in [0.3, 0.4) is 0 Å². The van der Waals surface area contributed by atoms with Gasteiger partial charge in [0.2, 0.25) is 5.95 Å². The molecule has 3 aromatic rings. The molecule has 7 heteroatoms. The van der Waals surface area contributed by atoms with E-state index in [2.05, 4.69) is 38.8 Å². The number of aromatic nitrogens is 2. The van der Waals surface area contributed by atoms with E-state index in [9.17, 15) is 4.79 Å². The highest BCUT2D eigenvalue weighted by molar-refractivity contribution is 5.88. The number of benzene rings is 2. The van der Waals surface area contributed by atoms with Crippen molar-refractivity contribution in [2.24, 2.45) is 0 Å². The maximum absolute atomic E-state index is 11.0. The first-order valence-electron chi connectivity index (χ1n) is 9.10. The van der Waals surface area contributed by atoms with Gasteiger partial charge in [-0.15, -0.1) is 0 Å². The van der Waals surface area contributed by atoms with Crippen LogP contribution in [0.2, 0.25) is 0 Å². The first-order valence-corrected chi connectivity index (χ1v) is 9.10. The van der Waals surface area contributed by atoms with Crippen molar-refractivity contribution in [1.29, 1.82) is 0 Å². The molecule has 0 spiro atoms. The summed E-state index contributed by atoms with van der Waals surface area (Å²) in [6.07, 6.45) is 2.47. The van der Waals surface area contributed by atoms with Crippen LogP contribution in [-0.2, 0) is 6.42 Å². The fourth-order valence-electron chi connectivity index (χ4n) is 3.35. The zero-order chi connectivity index (χ0) is 20.4. The van der Waals surface area contributed by atoms with Crippen molar-refractivity contribution in [2.75, 3.05) is 29.5 Å². The van der Waals surface area contributed by atoms with Crippen LogP contribution in [0, 0.1) is 11.8 Å². The Hall–Kier alpha value is -4.05. The molecule has 0 saturated heterocycles. The average Bonchev–Trinajstić information content (AvgIpc) is 3.12. The lowest BCUT2D eigenvalue weighted by molar-refractivity contribution is 0.0697. The predicted octanol–water partition coefficient (Wildman–Crippen LogP) is 2.42. The van der Waals surface area contributed by atoms with E-state index in [4.69, 9.17) is 16.6 Å². The van der Waals surface area contributed by atoms with E-state index in [-0.39, 0.29) is 17.3 Å². The van der Waals surface area contributed by atoms with Gasteiger partial charge in [-0.05, 0) is 47.4 Å². The van der Waals surface area contributed by atoms with E-state index in [0.717, 1.165) is 29.8 Å². The van der Waals surface area contributed by atoms with Gasteiger partial charge in [0.05, 0.1) is 23.9 Å². The Kier molecular flexibility index (Phi) is 4.75. The van der Waals surface area contributed by atoms with Crippen molar-refractivity contribution in [3.05, 3.63) is 65.4 Å². The standard InChI is InChI=1S/C22H19N5O2/c23-20-18(13-25-22(24)26-20)2-1-10-27-11-9-17-12-16(7-8-19(17)27)14-3-5-15(6-4-14)21(28)29/h3-8,12-13H,9-11H2,(H,28,29)(H4,23,24,25,26). The Morgan fingerprint density at radius 1 is 1.14 bits per heavy atom. The van der Waals surface area contributed by atoms with Crippen molar-refractivity contribution in [3.63, 3.8) is 0 Å². The number of nitrogens with zero attached hydrogens (tertiary/aromatic N) is 3. The van der Waals surface area contributed by atoms with Crippen LogP contribution in [0.5, 0.6) is 0 Å². The summed E-state index contributed by atoms with van der Waals surface area (Å²) in [6.45, 7) is 1.46. The monoisotopic (exact) mass is 385 g/mol. The van der Waals surface area contributed by atoms with Gasteiger partial charge >= 0.3 is 5.97 Å². The summed E-state index contributed by atoms with van der Waals surface area (Å²) in [4.78, 5) is 21.1. The number of rotatable bonds is 3. The number of anilines is 3. The third kappa shape index (κ3) is 3.82. The van der Waals surface area contributed by atoms with Gasteiger partial charge in [0.25, 0.3) is 0 Å². The number of carboxylic acid groups (broad SMARTS) is 1. The number of carbonyl (C=O) groups is 1. The van der Waals surface area contributed by atoms with Gasteiger partial charge in [-0.25, -0.2) is 9.78 Å². The molecular formula is C22H19N5O2. The molecular weight excluding hydrogens is 366 g/mol. The van der Waals surface area contributed by atoms with Crippen LogP contribution in [0.25, 0.3) is 11.1 Å². The van der Waals surface area contributed by atoms with Gasteiger partial charge < -0.3 is 21.5 Å². The van der Waals surface area contributed by atoms with Gasteiger partial charge in [0, 0.05) is 12.2 Å². The van der Waals surface area contributed by atoms with Crippen molar-refractivity contribution >= 4 is 23.4 Å². The van der Waals surface area contributed by atoms with Crippen LogP contribution < -0.4 is 16.4 Å². The van der Waals surface area contributed by atoms with Gasteiger partial charge in [0.1, 0.15) is 5.82 Å². The minimum Gasteiger partial charge on any atom is -0.478 e. The molecule has 1 aliphatic rings. The zero-order valence-electron chi connectivity index (χ0n) is 15.6. The molecule has 7 nitrogen and oxygen atoms in total. The Labute approximate surface area is 168 Å². The number of fused-ring (bicyclic) bond motifs is 1. The molecule has 144 valence electrons. The Bertz CT molecular complexity index is 1150. The quantitative estimate of drug-likeness (QED) is 0.593. The molecule has 0 bridgehead atoms. The number of nitrogen functional groups attached to an aromatic ring is 2. The Morgan fingerprint density at radius 3 is 2.62 bits per heavy atom. The molecule has 0 amide bonds. The van der Waals surface area contributed by atoms with Crippen LogP contribution in [-0.4, -0.2) is 34.1 Å². The zero-order valence-corrected chi connectivity index (χ0v) is 15.6. The molecule has 0 unspecified atom stereocenters. The molecule has 4 rings (SSSR count). The summed E-state index contributed by atoms with van der Waals surface area (Å²) in [5.74, 6) is 5.63. The molecule has 2 heterocycles. The lowest BCUT2D eigenvalue weighted by Gasteiger charge is -2.16. The molecule has 0 atom stereocenters. The first-order chi connectivity index (χ1) is 14.0. The minimum absolute atomic E-state index is 0.134. The van der Waals surface area contributed by atoms with E-state index >= 15 is 0 Å². The summed E-state index contributed by atoms with van der Waals surface area (Å²) in [7, 11) is 0. The average molecular weight is 385 g/mol. The number of hydrogen-bond acceptors (Lipinski definition) is 6. The van der Waals surface area contributed by atoms with Crippen LogP contribution in [0.1, 0.15) is 21.5 Å². The highest BCUT2D eigenvalue weighted by Crippen LogP contribution is 2.32. The summed E-state index contributed by atoms with van der Waals surface area (Å²) in [6, 6.07) is 13.2. The normalized spacial score (nSPS) is 12.2. The van der Waals surface area contributed by atoms with Crippen molar-refractivity contribution < 1.29 is 9.90 Å². The summed E-state index contributed by atoms with van der Waals surface area (Å²) >= 11 is 0.